The van der Waals surface area contributed by atoms with Crippen molar-refractivity contribution in [1.29, 1.82) is 0 Å². The van der Waals surface area contributed by atoms with Crippen molar-refractivity contribution in [1.82, 2.24) is 0 Å². The van der Waals surface area contributed by atoms with Crippen LogP contribution in [0.1, 0.15) is 11.6 Å². The van der Waals surface area contributed by atoms with Crippen molar-refractivity contribution in [3.8, 4) is 5.75 Å². The first kappa shape index (κ1) is 11.4. The van der Waals surface area contributed by atoms with E-state index in [0.29, 0.717) is 15.8 Å². The molecule has 0 aliphatic rings. The third kappa shape index (κ3) is 2.22. The molecule has 0 aliphatic heterocycles. The van der Waals surface area contributed by atoms with Crippen molar-refractivity contribution in [2.45, 2.75) is 12.5 Å². The van der Waals surface area contributed by atoms with Gasteiger partial charge in [0.05, 0.1) is 17.6 Å². The van der Waals surface area contributed by atoms with E-state index in [1.165, 1.54) is 7.11 Å². The monoisotopic (exact) mass is 265 g/mol. The highest BCUT2D eigenvalue weighted by molar-refractivity contribution is 9.10. The van der Waals surface area contributed by atoms with E-state index >= 15 is 0 Å². The van der Waals surface area contributed by atoms with E-state index < -0.39 is 12.5 Å². The van der Waals surface area contributed by atoms with Crippen molar-refractivity contribution in [3.05, 3.63) is 28.2 Å². The normalized spacial score (nSPS) is 13.0. The minimum absolute atomic E-state index is 0.347. The Morgan fingerprint density at radius 1 is 1.43 bits per heavy atom. The van der Waals surface area contributed by atoms with Crippen LogP contribution in [0.25, 0.3) is 0 Å². The Balaban J connectivity index is 3.09. The van der Waals surface area contributed by atoms with E-state index in [9.17, 15) is 8.78 Å². The molecule has 1 rings (SSSR count). The van der Waals surface area contributed by atoms with Crippen LogP contribution in [0.4, 0.5) is 8.78 Å². The molecule has 0 fully saturated rings. The Kier molecular flexibility index (Phi) is 3.83. The minimum atomic E-state index is -2.58. The molecule has 78 valence electrons. The number of hydrogen-bond donors (Lipinski definition) is 1. The summed E-state index contributed by atoms with van der Waals surface area (Å²) >= 11 is 3.17. The lowest BCUT2D eigenvalue weighted by Gasteiger charge is -2.14. The summed E-state index contributed by atoms with van der Waals surface area (Å²) in [7, 11) is 1.47. The molecular weight excluding hydrogens is 256 g/mol. The van der Waals surface area contributed by atoms with Gasteiger partial charge in [-0.1, -0.05) is 12.1 Å². The van der Waals surface area contributed by atoms with Gasteiger partial charge in [-0.15, -0.1) is 0 Å². The maximum atomic E-state index is 12.3. The molecule has 0 radical (unpaired) electrons. The second-order valence-electron chi connectivity index (χ2n) is 2.72. The molecule has 2 nitrogen and oxygen atoms in total. The Morgan fingerprint density at radius 2 is 2.07 bits per heavy atom. The number of hydrogen-bond acceptors (Lipinski definition) is 2. The lowest BCUT2D eigenvalue weighted by Crippen LogP contribution is -2.19. The SMILES string of the molecule is COc1cccc(C(N)C(F)F)c1Br. The van der Waals surface area contributed by atoms with Gasteiger partial charge >= 0.3 is 0 Å². The van der Waals surface area contributed by atoms with Crippen LogP contribution in [-0.2, 0) is 0 Å². The first-order valence-electron chi connectivity index (χ1n) is 3.94. The van der Waals surface area contributed by atoms with Crippen molar-refractivity contribution in [2.24, 2.45) is 5.73 Å². The van der Waals surface area contributed by atoms with E-state index in [2.05, 4.69) is 15.9 Å². The summed E-state index contributed by atoms with van der Waals surface area (Å²) in [5.74, 6) is 0.499. The van der Waals surface area contributed by atoms with Crippen LogP contribution in [0.15, 0.2) is 22.7 Å². The zero-order valence-electron chi connectivity index (χ0n) is 7.51. The Hall–Kier alpha value is -0.680. The zero-order chi connectivity index (χ0) is 10.7. The molecule has 0 aromatic heterocycles. The van der Waals surface area contributed by atoms with E-state index in [4.69, 9.17) is 10.5 Å². The molecule has 0 amide bonds. The van der Waals surface area contributed by atoms with Crippen LogP contribution < -0.4 is 10.5 Å². The van der Waals surface area contributed by atoms with Crippen LogP contribution >= 0.6 is 15.9 Å². The van der Waals surface area contributed by atoms with Gasteiger partial charge in [-0.05, 0) is 27.6 Å². The van der Waals surface area contributed by atoms with Gasteiger partial charge in [0.25, 0.3) is 6.43 Å². The molecule has 1 atom stereocenters. The average Bonchev–Trinajstić information content (AvgIpc) is 2.17. The number of benzene rings is 1. The van der Waals surface area contributed by atoms with E-state index in [1.54, 1.807) is 18.2 Å². The summed E-state index contributed by atoms with van der Waals surface area (Å²) in [6.07, 6.45) is -2.58. The molecule has 5 heteroatoms. The molecule has 1 aromatic rings. The van der Waals surface area contributed by atoms with Crippen molar-refractivity contribution in [3.63, 3.8) is 0 Å². The van der Waals surface area contributed by atoms with Crippen LogP contribution in [-0.4, -0.2) is 13.5 Å². The highest BCUT2D eigenvalue weighted by Gasteiger charge is 2.21. The number of halogens is 3. The lowest BCUT2D eigenvalue weighted by molar-refractivity contribution is 0.116. The standard InChI is InChI=1S/C9H10BrF2NO/c1-14-6-4-2-3-5(7(6)10)8(13)9(11)12/h2-4,8-9H,13H2,1H3. The van der Waals surface area contributed by atoms with Crippen LogP contribution in [0.5, 0.6) is 5.75 Å². The highest BCUT2D eigenvalue weighted by Crippen LogP contribution is 2.33. The Labute approximate surface area is 89.2 Å². The van der Waals surface area contributed by atoms with Gasteiger partial charge in [0, 0.05) is 0 Å². The predicted octanol–water partition coefficient (Wildman–Crippen LogP) is 2.72. The summed E-state index contributed by atoms with van der Waals surface area (Å²) < 4.78 is 30.1. The van der Waals surface area contributed by atoms with Crippen molar-refractivity contribution < 1.29 is 13.5 Å². The first-order chi connectivity index (χ1) is 6.57. The molecule has 0 heterocycles. The molecule has 1 unspecified atom stereocenters. The summed E-state index contributed by atoms with van der Waals surface area (Å²) in [6, 6.07) is 3.55. The van der Waals surface area contributed by atoms with Gasteiger partial charge in [-0.2, -0.15) is 0 Å². The largest absolute Gasteiger partial charge is 0.496 e. The maximum Gasteiger partial charge on any atom is 0.257 e. The molecule has 14 heavy (non-hydrogen) atoms. The fourth-order valence-corrected chi connectivity index (χ4v) is 1.77. The molecule has 0 saturated heterocycles. The molecule has 1 aromatic carbocycles. The van der Waals surface area contributed by atoms with Gasteiger partial charge in [0.2, 0.25) is 0 Å². The van der Waals surface area contributed by atoms with Crippen molar-refractivity contribution in [2.75, 3.05) is 7.11 Å². The quantitative estimate of drug-likeness (QED) is 0.912. The fraction of sp³-hybridized carbons (Fsp3) is 0.333. The number of ether oxygens (including phenoxy) is 1. The highest BCUT2D eigenvalue weighted by atomic mass is 79.9. The topological polar surface area (TPSA) is 35.2 Å². The van der Waals surface area contributed by atoms with Gasteiger partial charge in [0.15, 0.2) is 0 Å². The number of methoxy groups -OCH3 is 1. The lowest BCUT2D eigenvalue weighted by atomic mass is 10.1. The fourth-order valence-electron chi connectivity index (χ4n) is 1.08. The number of alkyl halides is 2. The summed E-state index contributed by atoms with van der Waals surface area (Å²) in [6.45, 7) is 0. The summed E-state index contributed by atoms with van der Waals surface area (Å²) in [5.41, 5.74) is 5.67. The molecular formula is C9H10BrF2NO. The van der Waals surface area contributed by atoms with Crippen LogP contribution in [0, 0.1) is 0 Å². The number of nitrogens with two attached hydrogens (primary N) is 1. The Bertz CT molecular complexity index is 320. The molecule has 0 bridgehead atoms. The van der Waals surface area contributed by atoms with Gasteiger partial charge in [0.1, 0.15) is 5.75 Å². The summed E-state index contributed by atoms with van der Waals surface area (Å²) in [5, 5.41) is 0. The van der Waals surface area contributed by atoms with E-state index in [0.717, 1.165) is 0 Å². The van der Waals surface area contributed by atoms with E-state index in [1.807, 2.05) is 0 Å². The second-order valence-corrected chi connectivity index (χ2v) is 3.52. The van der Waals surface area contributed by atoms with Crippen LogP contribution in [0.2, 0.25) is 0 Å². The predicted molar refractivity (Wildman–Crippen MR) is 53.6 cm³/mol. The maximum absolute atomic E-state index is 12.3. The van der Waals surface area contributed by atoms with E-state index in [-0.39, 0.29) is 0 Å². The smallest absolute Gasteiger partial charge is 0.257 e. The van der Waals surface area contributed by atoms with Gasteiger partial charge in [-0.3, -0.25) is 0 Å². The third-order valence-corrected chi connectivity index (χ3v) is 2.69. The Morgan fingerprint density at radius 3 is 2.57 bits per heavy atom. The number of rotatable bonds is 3. The van der Waals surface area contributed by atoms with Gasteiger partial charge in [-0.25, -0.2) is 8.78 Å². The van der Waals surface area contributed by atoms with Crippen LogP contribution in [0.3, 0.4) is 0 Å². The minimum Gasteiger partial charge on any atom is -0.496 e. The molecule has 0 spiro atoms. The van der Waals surface area contributed by atoms with Gasteiger partial charge < -0.3 is 10.5 Å². The molecule has 2 N–H and O–H groups in total. The third-order valence-electron chi connectivity index (χ3n) is 1.84. The average molecular weight is 266 g/mol. The second kappa shape index (κ2) is 4.70. The molecule has 0 aliphatic carbocycles. The zero-order valence-corrected chi connectivity index (χ0v) is 9.09. The van der Waals surface area contributed by atoms with Crippen molar-refractivity contribution >= 4 is 15.9 Å². The molecule has 0 saturated carbocycles. The summed E-state index contributed by atoms with van der Waals surface area (Å²) in [4.78, 5) is 0. The first-order valence-corrected chi connectivity index (χ1v) is 4.73.